The van der Waals surface area contributed by atoms with E-state index in [1.165, 1.54) is 0 Å². The van der Waals surface area contributed by atoms with Gasteiger partial charge in [0.2, 0.25) is 5.91 Å². The lowest BCUT2D eigenvalue weighted by Gasteiger charge is -2.21. The Morgan fingerprint density at radius 3 is 2.52 bits per heavy atom. The fourth-order valence-electron chi connectivity index (χ4n) is 2.09. The molecule has 21 heavy (non-hydrogen) atoms. The fourth-order valence-corrected chi connectivity index (χ4v) is 2.27. The van der Waals surface area contributed by atoms with E-state index in [9.17, 15) is 4.79 Å². The lowest BCUT2D eigenvalue weighted by atomic mass is 10.2. The van der Waals surface area contributed by atoms with Crippen LogP contribution >= 0.6 is 11.6 Å². The number of benzene rings is 2. The second-order valence-electron chi connectivity index (χ2n) is 4.79. The zero-order valence-corrected chi connectivity index (χ0v) is 13.0. The maximum Gasteiger partial charge on any atom is 0.246 e. The molecule has 110 valence electrons. The number of hydrogen-bond donors (Lipinski definition) is 1. The van der Waals surface area contributed by atoms with Gasteiger partial charge in [-0.25, -0.2) is 0 Å². The van der Waals surface area contributed by atoms with E-state index >= 15 is 0 Å². The normalized spacial score (nSPS) is 10.2. The number of para-hydroxylation sites is 1. The molecule has 2 rings (SSSR count). The standard InChI is InChI=1S/C17H19ClN2O/c1-3-20(15-7-5-4-6-8-15)17(21)12-19-14-10-9-13(2)16(18)11-14/h4-11,19H,3,12H2,1-2H3. The highest BCUT2D eigenvalue weighted by molar-refractivity contribution is 6.31. The molecule has 0 radical (unpaired) electrons. The number of hydrogen-bond acceptors (Lipinski definition) is 2. The second-order valence-corrected chi connectivity index (χ2v) is 5.20. The summed E-state index contributed by atoms with van der Waals surface area (Å²) in [6.45, 7) is 4.79. The summed E-state index contributed by atoms with van der Waals surface area (Å²) in [5.41, 5.74) is 2.78. The molecule has 0 saturated carbocycles. The van der Waals surface area contributed by atoms with Crippen molar-refractivity contribution in [2.45, 2.75) is 13.8 Å². The van der Waals surface area contributed by atoms with Crippen molar-refractivity contribution in [3.63, 3.8) is 0 Å². The summed E-state index contributed by atoms with van der Waals surface area (Å²) in [4.78, 5) is 14.1. The third-order valence-electron chi connectivity index (χ3n) is 3.30. The maximum atomic E-state index is 12.3. The van der Waals surface area contributed by atoms with Crippen LogP contribution in [0.15, 0.2) is 48.5 Å². The van der Waals surface area contributed by atoms with Gasteiger partial charge < -0.3 is 10.2 Å². The molecule has 0 atom stereocenters. The van der Waals surface area contributed by atoms with Crippen molar-refractivity contribution < 1.29 is 4.79 Å². The van der Waals surface area contributed by atoms with Crippen LogP contribution in [0.2, 0.25) is 5.02 Å². The van der Waals surface area contributed by atoms with Gasteiger partial charge in [0.15, 0.2) is 0 Å². The maximum absolute atomic E-state index is 12.3. The van der Waals surface area contributed by atoms with Gasteiger partial charge in [0.1, 0.15) is 0 Å². The number of likely N-dealkylation sites (N-methyl/N-ethyl adjacent to an activating group) is 1. The SMILES string of the molecule is CCN(C(=O)CNc1ccc(C)c(Cl)c1)c1ccccc1. The van der Waals surface area contributed by atoms with Crippen LogP contribution in [-0.4, -0.2) is 19.0 Å². The molecule has 0 heterocycles. The van der Waals surface area contributed by atoms with Gasteiger partial charge in [-0.2, -0.15) is 0 Å². The van der Waals surface area contributed by atoms with Gasteiger partial charge in [-0.05, 0) is 43.7 Å². The number of anilines is 2. The van der Waals surface area contributed by atoms with Gasteiger partial charge in [0.25, 0.3) is 0 Å². The minimum Gasteiger partial charge on any atom is -0.376 e. The van der Waals surface area contributed by atoms with Crippen LogP contribution in [0.5, 0.6) is 0 Å². The first-order valence-corrected chi connectivity index (χ1v) is 7.35. The summed E-state index contributed by atoms with van der Waals surface area (Å²) in [6, 6.07) is 15.4. The Hall–Kier alpha value is -2.00. The van der Waals surface area contributed by atoms with Crippen molar-refractivity contribution in [1.82, 2.24) is 0 Å². The van der Waals surface area contributed by atoms with Crippen LogP contribution < -0.4 is 10.2 Å². The Morgan fingerprint density at radius 2 is 1.90 bits per heavy atom. The Kier molecular flexibility index (Phi) is 5.23. The molecule has 0 unspecified atom stereocenters. The van der Waals surface area contributed by atoms with Crippen LogP contribution in [0, 0.1) is 6.92 Å². The minimum absolute atomic E-state index is 0.0281. The molecule has 3 nitrogen and oxygen atoms in total. The Balaban J connectivity index is 2.01. The molecule has 0 aliphatic rings. The summed E-state index contributed by atoms with van der Waals surface area (Å²) < 4.78 is 0. The van der Waals surface area contributed by atoms with E-state index in [4.69, 9.17) is 11.6 Å². The zero-order chi connectivity index (χ0) is 15.2. The predicted molar refractivity (Wildman–Crippen MR) is 89.1 cm³/mol. The number of rotatable bonds is 5. The molecule has 0 spiro atoms. The lowest BCUT2D eigenvalue weighted by Crippen LogP contribution is -2.35. The number of nitrogens with one attached hydrogen (secondary N) is 1. The number of aryl methyl sites for hydroxylation is 1. The molecular formula is C17H19ClN2O. The summed E-state index contributed by atoms with van der Waals surface area (Å²) >= 11 is 6.08. The van der Waals surface area contributed by atoms with Crippen molar-refractivity contribution in [2.24, 2.45) is 0 Å². The number of halogens is 1. The highest BCUT2D eigenvalue weighted by atomic mass is 35.5. The molecule has 2 aromatic rings. The predicted octanol–water partition coefficient (Wildman–Crippen LogP) is 4.11. The minimum atomic E-state index is 0.0281. The van der Waals surface area contributed by atoms with E-state index in [-0.39, 0.29) is 12.5 Å². The van der Waals surface area contributed by atoms with Crippen molar-refractivity contribution in [3.8, 4) is 0 Å². The van der Waals surface area contributed by atoms with E-state index in [1.54, 1.807) is 4.90 Å². The highest BCUT2D eigenvalue weighted by Gasteiger charge is 2.13. The molecule has 0 bridgehead atoms. The number of carbonyl (C=O) groups excluding carboxylic acids is 1. The van der Waals surface area contributed by atoms with Crippen LogP contribution in [-0.2, 0) is 4.79 Å². The first kappa shape index (κ1) is 15.4. The van der Waals surface area contributed by atoms with Crippen molar-refractivity contribution in [2.75, 3.05) is 23.3 Å². The van der Waals surface area contributed by atoms with Crippen molar-refractivity contribution in [3.05, 3.63) is 59.1 Å². The summed E-state index contributed by atoms with van der Waals surface area (Å²) in [5, 5.41) is 3.82. The monoisotopic (exact) mass is 302 g/mol. The summed E-state index contributed by atoms with van der Waals surface area (Å²) in [7, 11) is 0. The van der Waals surface area contributed by atoms with Gasteiger partial charge in [0.05, 0.1) is 6.54 Å². The van der Waals surface area contributed by atoms with Gasteiger partial charge in [-0.15, -0.1) is 0 Å². The van der Waals surface area contributed by atoms with Crippen LogP contribution in [0.1, 0.15) is 12.5 Å². The van der Waals surface area contributed by atoms with E-state index < -0.39 is 0 Å². The third kappa shape index (κ3) is 3.99. The van der Waals surface area contributed by atoms with Gasteiger partial charge in [0, 0.05) is 22.9 Å². The molecule has 0 fully saturated rings. The molecule has 0 aliphatic heterocycles. The Morgan fingerprint density at radius 1 is 1.19 bits per heavy atom. The van der Waals surface area contributed by atoms with E-state index in [1.807, 2.05) is 62.4 Å². The molecule has 2 aromatic carbocycles. The van der Waals surface area contributed by atoms with Crippen LogP contribution in [0.4, 0.5) is 11.4 Å². The van der Waals surface area contributed by atoms with E-state index in [0.29, 0.717) is 11.6 Å². The quantitative estimate of drug-likeness (QED) is 0.901. The molecule has 0 aromatic heterocycles. The van der Waals surface area contributed by atoms with Crippen molar-refractivity contribution in [1.29, 1.82) is 0 Å². The zero-order valence-electron chi connectivity index (χ0n) is 12.3. The molecule has 0 saturated heterocycles. The first-order valence-electron chi connectivity index (χ1n) is 6.97. The van der Waals surface area contributed by atoms with E-state index in [2.05, 4.69) is 5.32 Å². The number of carbonyl (C=O) groups is 1. The van der Waals surface area contributed by atoms with Gasteiger partial charge >= 0.3 is 0 Å². The summed E-state index contributed by atoms with van der Waals surface area (Å²) in [6.07, 6.45) is 0. The Bertz CT molecular complexity index is 613. The smallest absolute Gasteiger partial charge is 0.246 e. The topological polar surface area (TPSA) is 32.3 Å². The molecular weight excluding hydrogens is 284 g/mol. The van der Waals surface area contributed by atoms with E-state index in [0.717, 1.165) is 16.9 Å². The first-order chi connectivity index (χ1) is 10.1. The number of amides is 1. The largest absolute Gasteiger partial charge is 0.376 e. The van der Waals surface area contributed by atoms with Crippen LogP contribution in [0.25, 0.3) is 0 Å². The number of nitrogens with zero attached hydrogens (tertiary/aromatic N) is 1. The fraction of sp³-hybridized carbons (Fsp3) is 0.235. The molecule has 1 N–H and O–H groups in total. The van der Waals surface area contributed by atoms with Gasteiger partial charge in [-0.1, -0.05) is 35.9 Å². The molecule has 1 amide bonds. The molecule has 0 aliphatic carbocycles. The average Bonchev–Trinajstić information content (AvgIpc) is 2.50. The molecule has 4 heteroatoms. The van der Waals surface area contributed by atoms with Crippen LogP contribution in [0.3, 0.4) is 0 Å². The van der Waals surface area contributed by atoms with Crippen molar-refractivity contribution >= 4 is 28.9 Å². The van der Waals surface area contributed by atoms with Gasteiger partial charge in [-0.3, -0.25) is 4.79 Å². The summed E-state index contributed by atoms with van der Waals surface area (Å²) in [5.74, 6) is 0.0281. The second kappa shape index (κ2) is 7.14. The average molecular weight is 303 g/mol. The lowest BCUT2D eigenvalue weighted by molar-refractivity contribution is -0.116. The highest BCUT2D eigenvalue weighted by Crippen LogP contribution is 2.20. The third-order valence-corrected chi connectivity index (χ3v) is 3.71. The Labute approximate surface area is 130 Å².